The molecule has 1 aromatic carbocycles. The van der Waals surface area contributed by atoms with Crippen LogP contribution in [-0.4, -0.2) is 46.7 Å². The van der Waals surface area contributed by atoms with Gasteiger partial charge in [-0.15, -0.1) is 10.2 Å². The highest BCUT2D eigenvalue weighted by atomic mass is 16.4. The van der Waals surface area contributed by atoms with Crippen molar-refractivity contribution < 1.29 is 9.21 Å². The molecule has 1 fully saturated rings. The van der Waals surface area contributed by atoms with Crippen LogP contribution in [0.3, 0.4) is 0 Å². The van der Waals surface area contributed by atoms with Gasteiger partial charge in [-0.1, -0.05) is 6.42 Å². The molecule has 0 bridgehead atoms. The molecule has 1 aromatic heterocycles. The molecule has 2 heterocycles. The van der Waals surface area contributed by atoms with Gasteiger partial charge in [-0.3, -0.25) is 4.79 Å². The van der Waals surface area contributed by atoms with E-state index < -0.39 is 0 Å². The maximum absolute atomic E-state index is 12.2. The first-order valence-electron chi connectivity index (χ1n) is 8.63. The maximum Gasteiger partial charge on any atom is 0.251 e. The van der Waals surface area contributed by atoms with Crippen molar-refractivity contribution in [2.75, 3.05) is 19.6 Å². The first kappa shape index (κ1) is 16.6. The number of carbonyl (C=O) groups excluding carboxylic acids is 1. The van der Waals surface area contributed by atoms with Crippen LogP contribution in [0.5, 0.6) is 0 Å². The molecule has 0 aliphatic carbocycles. The Hall–Kier alpha value is -2.21. The minimum absolute atomic E-state index is 0.0428. The molecule has 1 aliphatic rings. The summed E-state index contributed by atoms with van der Waals surface area (Å²) in [5.41, 5.74) is 1.45. The number of aromatic nitrogens is 2. The summed E-state index contributed by atoms with van der Waals surface area (Å²) < 4.78 is 5.14. The van der Waals surface area contributed by atoms with Crippen molar-refractivity contribution in [1.29, 1.82) is 0 Å². The summed E-state index contributed by atoms with van der Waals surface area (Å²) in [4.78, 5) is 14.7. The molecule has 0 radical (unpaired) electrons. The molecule has 1 aliphatic heterocycles. The molecule has 1 atom stereocenters. The van der Waals surface area contributed by atoms with E-state index in [-0.39, 0.29) is 5.91 Å². The van der Waals surface area contributed by atoms with E-state index in [1.54, 1.807) is 12.1 Å². The highest BCUT2D eigenvalue weighted by molar-refractivity contribution is 5.94. The van der Waals surface area contributed by atoms with Gasteiger partial charge in [0.1, 0.15) is 0 Å². The normalized spacial score (nSPS) is 18.5. The van der Waals surface area contributed by atoms with Crippen LogP contribution in [0.25, 0.3) is 11.5 Å². The second kappa shape index (κ2) is 8.06. The fraction of sp³-hybridized carbons (Fsp3) is 0.500. The second-order valence-electron chi connectivity index (χ2n) is 6.31. The molecule has 128 valence electrons. The standard InChI is InChI=1S/C18H24N4O2/c1-14-5-2-3-11-22(14)12-4-10-19-17(23)15-6-8-16(9-7-15)18-21-20-13-24-18/h6-9,13-14H,2-5,10-12H2,1H3,(H,19,23)/t14-/m1/s1. The van der Waals surface area contributed by atoms with Gasteiger partial charge >= 0.3 is 0 Å². The zero-order chi connectivity index (χ0) is 16.8. The van der Waals surface area contributed by atoms with E-state index in [1.165, 1.54) is 32.2 Å². The minimum atomic E-state index is -0.0428. The monoisotopic (exact) mass is 328 g/mol. The lowest BCUT2D eigenvalue weighted by molar-refractivity contribution is 0.0949. The van der Waals surface area contributed by atoms with Gasteiger partial charge in [-0.25, -0.2) is 0 Å². The number of benzene rings is 1. The summed E-state index contributed by atoms with van der Waals surface area (Å²) in [6.45, 7) is 5.24. The summed E-state index contributed by atoms with van der Waals surface area (Å²) in [5.74, 6) is 0.413. The lowest BCUT2D eigenvalue weighted by Crippen LogP contribution is -2.39. The van der Waals surface area contributed by atoms with E-state index >= 15 is 0 Å². The smallest absolute Gasteiger partial charge is 0.251 e. The van der Waals surface area contributed by atoms with Crippen molar-refractivity contribution in [2.45, 2.75) is 38.6 Å². The summed E-state index contributed by atoms with van der Waals surface area (Å²) >= 11 is 0. The highest BCUT2D eigenvalue weighted by Gasteiger charge is 2.17. The summed E-state index contributed by atoms with van der Waals surface area (Å²) in [5, 5.41) is 10.5. The van der Waals surface area contributed by atoms with Crippen molar-refractivity contribution >= 4 is 5.91 Å². The maximum atomic E-state index is 12.2. The molecule has 0 spiro atoms. The van der Waals surface area contributed by atoms with E-state index in [4.69, 9.17) is 4.42 Å². The first-order chi connectivity index (χ1) is 11.7. The van der Waals surface area contributed by atoms with E-state index in [9.17, 15) is 4.79 Å². The van der Waals surface area contributed by atoms with Gasteiger partial charge < -0.3 is 14.6 Å². The Kier molecular flexibility index (Phi) is 5.59. The molecule has 1 amide bonds. The van der Waals surface area contributed by atoms with Crippen LogP contribution in [0.1, 0.15) is 43.0 Å². The molecule has 2 aromatic rings. The van der Waals surface area contributed by atoms with Crippen LogP contribution in [0, 0.1) is 0 Å². The lowest BCUT2D eigenvalue weighted by atomic mass is 10.0. The van der Waals surface area contributed by atoms with E-state index in [0.717, 1.165) is 18.5 Å². The third-order valence-corrected chi connectivity index (χ3v) is 4.60. The number of amides is 1. The molecular weight excluding hydrogens is 304 g/mol. The SMILES string of the molecule is C[C@@H]1CCCCN1CCCNC(=O)c1ccc(-c2nnco2)cc1. The van der Waals surface area contributed by atoms with E-state index in [0.29, 0.717) is 24.0 Å². The Morgan fingerprint density at radius 2 is 2.17 bits per heavy atom. The lowest BCUT2D eigenvalue weighted by Gasteiger charge is -2.33. The molecule has 3 rings (SSSR count). The Morgan fingerprint density at radius 1 is 1.33 bits per heavy atom. The number of hydrogen-bond donors (Lipinski definition) is 1. The van der Waals surface area contributed by atoms with E-state index in [1.807, 2.05) is 12.1 Å². The molecule has 24 heavy (non-hydrogen) atoms. The van der Waals surface area contributed by atoms with Gasteiger partial charge in [0.15, 0.2) is 0 Å². The van der Waals surface area contributed by atoms with Crippen LogP contribution >= 0.6 is 0 Å². The summed E-state index contributed by atoms with van der Waals surface area (Å²) in [6, 6.07) is 7.87. The zero-order valence-electron chi connectivity index (χ0n) is 14.1. The van der Waals surface area contributed by atoms with Gasteiger partial charge in [0.05, 0.1) is 0 Å². The van der Waals surface area contributed by atoms with Crippen LogP contribution in [0.4, 0.5) is 0 Å². The number of piperidine rings is 1. The Morgan fingerprint density at radius 3 is 2.88 bits per heavy atom. The largest absolute Gasteiger partial charge is 0.423 e. The molecule has 1 saturated heterocycles. The number of nitrogens with zero attached hydrogens (tertiary/aromatic N) is 3. The molecule has 0 unspecified atom stereocenters. The van der Waals surface area contributed by atoms with Crippen molar-refractivity contribution in [3.63, 3.8) is 0 Å². The summed E-state index contributed by atoms with van der Waals surface area (Å²) in [7, 11) is 0. The predicted molar refractivity (Wildman–Crippen MR) is 91.6 cm³/mol. The second-order valence-corrected chi connectivity index (χ2v) is 6.31. The van der Waals surface area contributed by atoms with Gasteiger partial charge in [-0.2, -0.15) is 0 Å². The Balaban J connectivity index is 1.43. The fourth-order valence-corrected chi connectivity index (χ4v) is 3.14. The predicted octanol–water partition coefficient (Wildman–Crippen LogP) is 2.73. The third kappa shape index (κ3) is 4.20. The minimum Gasteiger partial charge on any atom is -0.423 e. The van der Waals surface area contributed by atoms with Gasteiger partial charge in [-0.05, 0) is 57.0 Å². The van der Waals surface area contributed by atoms with Crippen LogP contribution in [0.15, 0.2) is 35.1 Å². The molecular formula is C18H24N4O2. The molecule has 6 nitrogen and oxygen atoms in total. The van der Waals surface area contributed by atoms with Crippen LogP contribution in [-0.2, 0) is 0 Å². The number of hydrogen-bond acceptors (Lipinski definition) is 5. The zero-order valence-corrected chi connectivity index (χ0v) is 14.1. The van der Waals surface area contributed by atoms with Gasteiger partial charge in [0, 0.05) is 30.3 Å². The molecule has 0 saturated carbocycles. The van der Waals surface area contributed by atoms with Crippen LogP contribution < -0.4 is 5.32 Å². The number of nitrogens with one attached hydrogen (secondary N) is 1. The van der Waals surface area contributed by atoms with Crippen molar-refractivity contribution in [1.82, 2.24) is 20.4 Å². The third-order valence-electron chi connectivity index (χ3n) is 4.60. The molecule has 6 heteroatoms. The van der Waals surface area contributed by atoms with E-state index in [2.05, 4.69) is 27.3 Å². The average Bonchev–Trinajstić information content (AvgIpc) is 3.15. The summed E-state index contributed by atoms with van der Waals surface area (Å²) in [6.07, 6.45) is 6.20. The number of likely N-dealkylation sites (tertiary alicyclic amines) is 1. The van der Waals surface area contributed by atoms with Gasteiger partial charge in [0.25, 0.3) is 5.91 Å². The molecule has 1 N–H and O–H groups in total. The quantitative estimate of drug-likeness (QED) is 0.826. The highest BCUT2D eigenvalue weighted by Crippen LogP contribution is 2.17. The topological polar surface area (TPSA) is 71.3 Å². The van der Waals surface area contributed by atoms with Crippen molar-refractivity contribution in [3.8, 4) is 11.5 Å². The number of rotatable bonds is 6. The Bertz CT molecular complexity index is 640. The first-order valence-corrected chi connectivity index (χ1v) is 8.63. The Labute approximate surface area is 142 Å². The van der Waals surface area contributed by atoms with Crippen molar-refractivity contribution in [2.24, 2.45) is 0 Å². The van der Waals surface area contributed by atoms with Gasteiger partial charge in [0.2, 0.25) is 12.3 Å². The number of carbonyl (C=O) groups is 1. The fourth-order valence-electron chi connectivity index (χ4n) is 3.14. The van der Waals surface area contributed by atoms with Crippen LogP contribution in [0.2, 0.25) is 0 Å². The van der Waals surface area contributed by atoms with Crippen molar-refractivity contribution in [3.05, 3.63) is 36.2 Å². The average molecular weight is 328 g/mol.